The summed E-state index contributed by atoms with van der Waals surface area (Å²) in [5, 5.41) is 4.13. The van der Waals surface area contributed by atoms with E-state index in [1.165, 1.54) is 5.57 Å². The summed E-state index contributed by atoms with van der Waals surface area (Å²) in [6, 6.07) is 14.4. The SMILES string of the molecule is Cc1ccc(N(CCCN2CC3=CN(C(=O)c4c(C)ccnc4C)CC3C2)C(=O)Nc2cccc(Cl)c2)cc1Cl. The maximum atomic E-state index is 13.3. The third kappa shape index (κ3) is 6.17. The molecule has 0 spiro atoms. The largest absolute Gasteiger partial charge is 0.326 e. The smallest absolute Gasteiger partial charge is 0.314 e. The molecule has 40 heavy (non-hydrogen) atoms. The molecule has 9 heteroatoms. The normalized spacial score (nSPS) is 16.6. The van der Waals surface area contributed by atoms with Gasteiger partial charge in [0.2, 0.25) is 0 Å². The quantitative estimate of drug-likeness (QED) is 0.338. The van der Waals surface area contributed by atoms with Crippen molar-refractivity contribution in [3.05, 3.63) is 98.9 Å². The van der Waals surface area contributed by atoms with Gasteiger partial charge < -0.3 is 10.2 Å². The average molecular weight is 579 g/mol. The van der Waals surface area contributed by atoms with Crippen LogP contribution in [0.5, 0.6) is 0 Å². The molecule has 1 atom stereocenters. The zero-order chi connectivity index (χ0) is 28.4. The summed E-state index contributed by atoms with van der Waals surface area (Å²) in [6.07, 6.45) is 4.55. The van der Waals surface area contributed by atoms with E-state index in [2.05, 4.69) is 15.2 Å². The number of halogens is 2. The molecule has 7 nitrogen and oxygen atoms in total. The fourth-order valence-electron chi connectivity index (χ4n) is 5.47. The number of urea groups is 1. The minimum atomic E-state index is -0.238. The van der Waals surface area contributed by atoms with E-state index >= 15 is 0 Å². The zero-order valence-corrected chi connectivity index (χ0v) is 24.5. The highest BCUT2D eigenvalue weighted by Crippen LogP contribution is 2.31. The molecule has 1 saturated heterocycles. The molecule has 3 amide bonds. The average Bonchev–Trinajstić information content (AvgIpc) is 3.47. The van der Waals surface area contributed by atoms with E-state index in [0.717, 1.165) is 48.6 Å². The molecule has 0 bridgehead atoms. The van der Waals surface area contributed by atoms with Crippen molar-refractivity contribution in [1.82, 2.24) is 14.8 Å². The van der Waals surface area contributed by atoms with Gasteiger partial charge in [-0.15, -0.1) is 0 Å². The Bertz CT molecular complexity index is 1450. The van der Waals surface area contributed by atoms with Crippen molar-refractivity contribution in [2.24, 2.45) is 5.92 Å². The molecule has 1 unspecified atom stereocenters. The predicted octanol–water partition coefficient (Wildman–Crippen LogP) is 6.71. The molecule has 5 rings (SSSR count). The molecule has 2 aliphatic heterocycles. The summed E-state index contributed by atoms with van der Waals surface area (Å²) < 4.78 is 0. The van der Waals surface area contributed by atoms with Crippen molar-refractivity contribution >= 4 is 46.5 Å². The highest BCUT2D eigenvalue weighted by atomic mass is 35.5. The first-order valence-electron chi connectivity index (χ1n) is 13.5. The van der Waals surface area contributed by atoms with E-state index in [4.69, 9.17) is 23.2 Å². The number of carbonyl (C=O) groups is 2. The van der Waals surface area contributed by atoms with Gasteiger partial charge in [0.05, 0.1) is 11.3 Å². The molecule has 208 valence electrons. The first kappa shape index (κ1) is 28.1. The molecule has 3 heterocycles. The molecule has 1 fully saturated rings. The number of nitrogens with zero attached hydrogens (tertiary/aromatic N) is 4. The van der Waals surface area contributed by atoms with Crippen LogP contribution < -0.4 is 10.2 Å². The van der Waals surface area contributed by atoms with E-state index < -0.39 is 0 Å². The third-order valence-electron chi connectivity index (χ3n) is 7.62. The molecule has 0 aliphatic carbocycles. The van der Waals surface area contributed by atoms with Gasteiger partial charge in [0.1, 0.15) is 0 Å². The third-order valence-corrected chi connectivity index (χ3v) is 8.26. The van der Waals surface area contributed by atoms with Crippen LogP contribution in [0.25, 0.3) is 0 Å². The highest BCUT2D eigenvalue weighted by molar-refractivity contribution is 6.31. The summed E-state index contributed by atoms with van der Waals surface area (Å²) in [5.74, 6) is 0.356. The van der Waals surface area contributed by atoms with Gasteiger partial charge in [0, 0.05) is 72.5 Å². The van der Waals surface area contributed by atoms with Crippen molar-refractivity contribution in [3.8, 4) is 0 Å². The van der Waals surface area contributed by atoms with Crippen LogP contribution in [0.2, 0.25) is 10.0 Å². The molecular formula is C31H33Cl2N5O2. The number of hydrogen-bond acceptors (Lipinski definition) is 4. The summed E-state index contributed by atoms with van der Waals surface area (Å²) in [6.45, 7) is 9.55. The summed E-state index contributed by atoms with van der Waals surface area (Å²) in [5.41, 5.74) is 6.03. The van der Waals surface area contributed by atoms with E-state index in [1.807, 2.05) is 62.2 Å². The van der Waals surface area contributed by atoms with Gasteiger partial charge in [-0.1, -0.05) is 35.3 Å². The number of rotatable bonds is 7. The van der Waals surface area contributed by atoms with E-state index in [9.17, 15) is 9.59 Å². The lowest BCUT2D eigenvalue weighted by Gasteiger charge is -2.25. The van der Waals surface area contributed by atoms with Gasteiger partial charge >= 0.3 is 6.03 Å². The summed E-state index contributed by atoms with van der Waals surface area (Å²) >= 11 is 12.5. The van der Waals surface area contributed by atoms with Crippen LogP contribution in [0.1, 0.15) is 33.6 Å². The molecule has 1 aromatic heterocycles. The van der Waals surface area contributed by atoms with Crippen LogP contribution in [0, 0.1) is 26.7 Å². The highest BCUT2D eigenvalue weighted by Gasteiger charge is 2.36. The number of pyridine rings is 1. The standard InChI is InChI=1S/C31H33Cl2N5O2/c1-20-8-9-27(15-28(20)33)38(31(40)35-26-7-4-6-25(32)14-26)13-5-12-36-16-23-18-37(19-24(23)17-36)30(39)29-21(2)10-11-34-22(29)3/h4,6-11,14-15,18,24H,5,12-13,16-17,19H2,1-3H3,(H,35,40). The van der Waals surface area contributed by atoms with Gasteiger partial charge in [0.25, 0.3) is 5.91 Å². The van der Waals surface area contributed by atoms with Crippen molar-refractivity contribution in [3.63, 3.8) is 0 Å². The minimum absolute atomic E-state index is 0.0228. The Labute approximate surface area is 245 Å². The van der Waals surface area contributed by atoms with Crippen molar-refractivity contribution in [1.29, 1.82) is 0 Å². The maximum absolute atomic E-state index is 13.3. The number of amides is 3. The van der Waals surface area contributed by atoms with Gasteiger partial charge in [-0.25, -0.2) is 4.79 Å². The first-order chi connectivity index (χ1) is 19.2. The van der Waals surface area contributed by atoms with Crippen LogP contribution in [-0.2, 0) is 0 Å². The van der Waals surface area contributed by atoms with Crippen LogP contribution in [0.15, 0.2) is 66.5 Å². The van der Waals surface area contributed by atoms with E-state index in [1.54, 1.807) is 29.3 Å². The second-order valence-corrected chi connectivity index (χ2v) is 11.4. The fourth-order valence-corrected chi connectivity index (χ4v) is 5.84. The number of aryl methyl sites for hydroxylation is 3. The number of aromatic nitrogens is 1. The van der Waals surface area contributed by atoms with Gasteiger partial charge in [0.15, 0.2) is 0 Å². The second-order valence-electron chi connectivity index (χ2n) is 10.6. The lowest BCUT2D eigenvalue weighted by molar-refractivity contribution is 0.0818. The Morgan fingerprint density at radius 2 is 1.88 bits per heavy atom. The second kappa shape index (κ2) is 12.0. The molecule has 0 saturated carbocycles. The zero-order valence-electron chi connectivity index (χ0n) is 23.0. The van der Waals surface area contributed by atoms with Gasteiger partial charge in [-0.05, 0) is 80.3 Å². The molecule has 3 aromatic rings. The molecule has 0 radical (unpaired) electrons. The van der Waals surface area contributed by atoms with Crippen LogP contribution in [-0.4, -0.2) is 59.4 Å². The molecule has 2 aliphatic rings. The number of fused-ring (bicyclic) bond motifs is 1. The molecule has 1 N–H and O–H groups in total. The number of likely N-dealkylation sites (tertiary alicyclic amines) is 1. The summed E-state index contributed by atoms with van der Waals surface area (Å²) in [4.78, 5) is 36.8. The predicted molar refractivity (Wildman–Crippen MR) is 161 cm³/mol. The Morgan fingerprint density at radius 3 is 2.60 bits per heavy atom. The van der Waals surface area contributed by atoms with E-state index in [-0.39, 0.29) is 11.9 Å². The Hall–Kier alpha value is -3.39. The first-order valence-corrected chi connectivity index (χ1v) is 14.2. The number of nitrogens with one attached hydrogen (secondary N) is 1. The Morgan fingerprint density at radius 1 is 1.05 bits per heavy atom. The molecule has 2 aromatic carbocycles. The molecular weight excluding hydrogens is 545 g/mol. The number of benzene rings is 2. The van der Waals surface area contributed by atoms with Gasteiger partial charge in [-0.3, -0.25) is 19.6 Å². The van der Waals surface area contributed by atoms with Crippen molar-refractivity contribution in [2.45, 2.75) is 27.2 Å². The van der Waals surface area contributed by atoms with Gasteiger partial charge in [-0.2, -0.15) is 0 Å². The summed E-state index contributed by atoms with van der Waals surface area (Å²) in [7, 11) is 0. The minimum Gasteiger partial charge on any atom is -0.314 e. The van der Waals surface area contributed by atoms with Crippen molar-refractivity contribution < 1.29 is 9.59 Å². The Balaban J connectivity index is 1.21. The van der Waals surface area contributed by atoms with E-state index in [0.29, 0.717) is 40.3 Å². The van der Waals surface area contributed by atoms with Crippen LogP contribution in [0.4, 0.5) is 16.2 Å². The number of hydrogen-bond donors (Lipinski definition) is 1. The van der Waals surface area contributed by atoms with Crippen molar-refractivity contribution in [2.75, 3.05) is 42.9 Å². The number of carbonyl (C=O) groups excluding carboxylic acids is 2. The fraction of sp³-hybridized carbons (Fsp3) is 0.323. The number of anilines is 2. The monoisotopic (exact) mass is 577 g/mol. The topological polar surface area (TPSA) is 68.8 Å². The Kier molecular flexibility index (Phi) is 8.45. The maximum Gasteiger partial charge on any atom is 0.326 e. The lowest BCUT2D eigenvalue weighted by atomic mass is 10.1. The van der Waals surface area contributed by atoms with Crippen LogP contribution >= 0.6 is 23.2 Å². The van der Waals surface area contributed by atoms with Crippen LogP contribution in [0.3, 0.4) is 0 Å². The lowest BCUT2D eigenvalue weighted by Crippen LogP contribution is -2.37.